The highest BCUT2D eigenvalue weighted by molar-refractivity contribution is 7.98. The van der Waals surface area contributed by atoms with Crippen molar-refractivity contribution in [2.45, 2.75) is 17.3 Å². The molecule has 9 heteroatoms. The Morgan fingerprint density at radius 3 is 2.67 bits per heavy atom. The zero-order valence-electron chi connectivity index (χ0n) is 15.8. The third-order valence-electron chi connectivity index (χ3n) is 4.47. The molecule has 30 heavy (non-hydrogen) atoms. The van der Waals surface area contributed by atoms with Gasteiger partial charge >= 0.3 is 5.97 Å². The molecular weight excluding hydrogens is 406 g/mol. The molecule has 0 aliphatic carbocycles. The van der Waals surface area contributed by atoms with Crippen LogP contribution in [0.3, 0.4) is 0 Å². The van der Waals surface area contributed by atoms with Gasteiger partial charge in [-0.05, 0) is 18.2 Å². The van der Waals surface area contributed by atoms with Gasteiger partial charge in [0.2, 0.25) is 17.1 Å². The smallest absolute Gasteiger partial charge is 0.316 e. The zero-order valence-corrected chi connectivity index (χ0v) is 16.6. The van der Waals surface area contributed by atoms with E-state index in [0.29, 0.717) is 16.7 Å². The Bertz CT molecular complexity index is 1100. The van der Waals surface area contributed by atoms with Crippen LogP contribution in [0.25, 0.3) is 0 Å². The Morgan fingerprint density at radius 1 is 1.17 bits per heavy atom. The van der Waals surface area contributed by atoms with Crippen LogP contribution in [-0.2, 0) is 15.3 Å². The molecule has 4 rings (SSSR count). The molecule has 1 amide bonds. The second kappa shape index (κ2) is 8.91. The van der Waals surface area contributed by atoms with Crippen LogP contribution in [0.1, 0.15) is 12.2 Å². The molecule has 1 aliphatic heterocycles. The summed E-state index contributed by atoms with van der Waals surface area (Å²) in [4.78, 5) is 46.8. The number of aromatic nitrogens is 2. The minimum atomic E-state index is -0.650. The molecule has 1 fully saturated rings. The van der Waals surface area contributed by atoms with Gasteiger partial charge in [-0.25, -0.2) is 9.97 Å². The van der Waals surface area contributed by atoms with Gasteiger partial charge in [0.05, 0.1) is 11.7 Å². The highest BCUT2D eigenvalue weighted by atomic mass is 32.2. The average Bonchev–Trinajstić information content (AvgIpc) is 3.17. The minimum absolute atomic E-state index is 0.0326. The monoisotopic (exact) mass is 423 g/mol. The topological polar surface area (TPSA) is 103 Å². The lowest BCUT2D eigenvalue weighted by molar-refractivity contribution is -0.139. The lowest BCUT2D eigenvalue weighted by atomic mass is 10.1. The number of carbonyl (C=O) groups is 2. The standard InChI is InChI=1S/C21H17N3O5S/c25-17-10-16(13-30-21-22-7-4-8-23-21)28-12-18(17)29-20(27)14-9-19(26)24(11-14)15-5-2-1-3-6-15/h1-8,10,12,14H,9,11,13H2/t14-/m0/s1. The van der Waals surface area contributed by atoms with Crippen molar-refractivity contribution in [3.63, 3.8) is 0 Å². The van der Waals surface area contributed by atoms with Crippen molar-refractivity contribution in [1.29, 1.82) is 0 Å². The van der Waals surface area contributed by atoms with Gasteiger partial charge in [-0.15, -0.1) is 0 Å². The van der Waals surface area contributed by atoms with Crippen LogP contribution in [0.2, 0.25) is 0 Å². The van der Waals surface area contributed by atoms with Crippen LogP contribution < -0.4 is 15.1 Å². The Kier molecular flexibility index (Phi) is 5.89. The normalized spacial score (nSPS) is 15.9. The predicted molar refractivity (Wildman–Crippen MR) is 109 cm³/mol. The summed E-state index contributed by atoms with van der Waals surface area (Å²) in [6, 6.07) is 12.1. The molecule has 8 nitrogen and oxygen atoms in total. The number of ether oxygens (including phenoxy) is 1. The van der Waals surface area contributed by atoms with Crippen molar-refractivity contribution in [3.8, 4) is 5.75 Å². The van der Waals surface area contributed by atoms with Crippen LogP contribution >= 0.6 is 11.8 Å². The Labute approximate surface area is 175 Å². The molecule has 0 saturated carbocycles. The van der Waals surface area contributed by atoms with Gasteiger partial charge in [-0.3, -0.25) is 14.4 Å². The summed E-state index contributed by atoms with van der Waals surface area (Å²) in [5.41, 5.74) is 0.255. The number of benzene rings is 1. The lowest BCUT2D eigenvalue weighted by Gasteiger charge is -2.16. The molecule has 1 atom stereocenters. The van der Waals surface area contributed by atoms with Gasteiger partial charge in [0.1, 0.15) is 12.0 Å². The molecule has 3 heterocycles. The molecule has 1 aliphatic rings. The molecule has 0 spiro atoms. The van der Waals surface area contributed by atoms with Crippen LogP contribution in [0, 0.1) is 5.92 Å². The maximum absolute atomic E-state index is 12.5. The molecule has 152 valence electrons. The van der Waals surface area contributed by atoms with E-state index in [1.54, 1.807) is 35.5 Å². The van der Waals surface area contributed by atoms with Crippen molar-refractivity contribution in [1.82, 2.24) is 9.97 Å². The minimum Gasteiger partial charge on any atom is -0.464 e. The van der Waals surface area contributed by atoms with Crippen LogP contribution in [0.15, 0.2) is 75.5 Å². The number of para-hydroxylation sites is 1. The first-order valence-corrected chi connectivity index (χ1v) is 10.2. The summed E-state index contributed by atoms with van der Waals surface area (Å²) in [6.45, 7) is 0.207. The fourth-order valence-corrected chi connectivity index (χ4v) is 3.69. The van der Waals surface area contributed by atoms with Crippen LogP contribution in [0.4, 0.5) is 5.69 Å². The molecule has 0 N–H and O–H groups in total. The Hall–Kier alpha value is -3.46. The predicted octanol–water partition coefficient (Wildman–Crippen LogP) is 2.68. The number of nitrogens with zero attached hydrogens (tertiary/aromatic N) is 3. The van der Waals surface area contributed by atoms with Crippen molar-refractivity contribution in [2.75, 3.05) is 11.4 Å². The average molecular weight is 423 g/mol. The van der Waals surface area contributed by atoms with E-state index in [1.165, 1.54) is 17.8 Å². The lowest BCUT2D eigenvalue weighted by Crippen LogP contribution is -2.28. The van der Waals surface area contributed by atoms with E-state index in [4.69, 9.17) is 9.15 Å². The van der Waals surface area contributed by atoms with E-state index in [0.717, 1.165) is 12.0 Å². The van der Waals surface area contributed by atoms with Crippen molar-refractivity contribution in [2.24, 2.45) is 5.92 Å². The number of anilines is 1. The van der Waals surface area contributed by atoms with E-state index in [1.807, 2.05) is 18.2 Å². The van der Waals surface area contributed by atoms with Gasteiger partial charge in [0.15, 0.2) is 5.16 Å². The molecule has 0 unspecified atom stereocenters. The maximum Gasteiger partial charge on any atom is 0.316 e. The highest BCUT2D eigenvalue weighted by Gasteiger charge is 2.36. The highest BCUT2D eigenvalue weighted by Crippen LogP contribution is 2.26. The van der Waals surface area contributed by atoms with E-state index in [-0.39, 0.29) is 24.6 Å². The van der Waals surface area contributed by atoms with E-state index in [2.05, 4.69) is 9.97 Å². The number of amides is 1. The van der Waals surface area contributed by atoms with E-state index < -0.39 is 17.3 Å². The van der Waals surface area contributed by atoms with E-state index in [9.17, 15) is 14.4 Å². The summed E-state index contributed by atoms with van der Waals surface area (Å²) in [5.74, 6) is -0.877. The SMILES string of the molecule is O=C(Oc1coc(CSc2ncccn2)cc1=O)[C@H]1CC(=O)N(c2ccccc2)C1. The largest absolute Gasteiger partial charge is 0.464 e. The third-order valence-corrected chi connectivity index (χ3v) is 5.37. The number of hydrogen-bond donors (Lipinski definition) is 0. The maximum atomic E-state index is 12.5. The third kappa shape index (κ3) is 4.57. The fourth-order valence-electron chi connectivity index (χ4n) is 3.00. The van der Waals surface area contributed by atoms with Gasteiger partial charge in [0, 0.05) is 37.1 Å². The summed E-state index contributed by atoms with van der Waals surface area (Å²) in [5, 5.41) is 0.560. The molecule has 2 aromatic heterocycles. The van der Waals surface area contributed by atoms with Crippen LogP contribution in [0.5, 0.6) is 5.75 Å². The number of thioether (sulfide) groups is 1. The fraction of sp³-hybridized carbons (Fsp3) is 0.190. The molecule has 1 aromatic carbocycles. The van der Waals surface area contributed by atoms with Crippen molar-refractivity contribution < 1.29 is 18.7 Å². The van der Waals surface area contributed by atoms with Gasteiger partial charge in [-0.2, -0.15) is 0 Å². The van der Waals surface area contributed by atoms with Gasteiger partial charge in [-0.1, -0.05) is 30.0 Å². The summed E-state index contributed by atoms with van der Waals surface area (Å²) < 4.78 is 10.6. The Morgan fingerprint density at radius 2 is 1.93 bits per heavy atom. The zero-order chi connectivity index (χ0) is 20.9. The van der Waals surface area contributed by atoms with Crippen LogP contribution in [-0.4, -0.2) is 28.4 Å². The Balaban J connectivity index is 1.37. The van der Waals surface area contributed by atoms with Gasteiger partial charge < -0.3 is 14.1 Å². The molecule has 0 bridgehead atoms. The number of esters is 1. The molecule has 0 radical (unpaired) electrons. The number of rotatable bonds is 6. The quantitative estimate of drug-likeness (QED) is 0.339. The first-order chi connectivity index (χ1) is 14.6. The molecular formula is C21H17N3O5S. The van der Waals surface area contributed by atoms with Crippen molar-refractivity contribution >= 4 is 29.3 Å². The molecule has 3 aromatic rings. The van der Waals surface area contributed by atoms with Crippen molar-refractivity contribution in [3.05, 3.63) is 77.1 Å². The first-order valence-electron chi connectivity index (χ1n) is 9.19. The number of hydrogen-bond acceptors (Lipinski definition) is 8. The first kappa shape index (κ1) is 19.8. The summed E-state index contributed by atoms with van der Waals surface area (Å²) in [6.07, 6.45) is 4.40. The molecule has 1 saturated heterocycles. The summed E-state index contributed by atoms with van der Waals surface area (Å²) in [7, 11) is 0. The second-order valence-electron chi connectivity index (χ2n) is 6.56. The van der Waals surface area contributed by atoms with E-state index >= 15 is 0 Å². The summed E-state index contributed by atoms with van der Waals surface area (Å²) >= 11 is 1.32. The second-order valence-corrected chi connectivity index (χ2v) is 7.50. The van der Waals surface area contributed by atoms with Gasteiger partial charge in [0.25, 0.3) is 0 Å². The number of carbonyl (C=O) groups excluding carboxylic acids is 2.